The first-order valence-electron chi connectivity index (χ1n) is 6.86. The van der Waals surface area contributed by atoms with Crippen molar-refractivity contribution < 1.29 is 17.6 Å². The third kappa shape index (κ3) is 2.73. The van der Waals surface area contributed by atoms with Gasteiger partial charge in [-0.15, -0.1) is 0 Å². The summed E-state index contributed by atoms with van der Waals surface area (Å²) >= 11 is 0. The lowest BCUT2D eigenvalue weighted by molar-refractivity contribution is 0.0970. The molecule has 2 aromatic rings. The molecule has 0 fully saturated rings. The van der Waals surface area contributed by atoms with Gasteiger partial charge in [-0.05, 0) is 6.92 Å². The van der Waals surface area contributed by atoms with Crippen LogP contribution < -0.4 is 9.46 Å². The molecule has 0 aromatic carbocycles. The van der Waals surface area contributed by atoms with Crippen LogP contribution in [-0.4, -0.2) is 29.8 Å². The van der Waals surface area contributed by atoms with Gasteiger partial charge in [-0.2, -0.15) is 5.10 Å². The van der Waals surface area contributed by atoms with Gasteiger partial charge in [0.25, 0.3) is 0 Å². The summed E-state index contributed by atoms with van der Waals surface area (Å²) in [6, 6.07) is 0. The number of aryl methyl sites for hydroxylation is 1. The van der Waals surface area contributed by atoms with Gasteiger partial charge >= 0.3 is 0 Å². The first kappa shape index (κ1) is 15.0. The molecule has 1 aliphatic rings. The molecule has 0 unspecified atom stereocenters. The monoisotopic (exact) mass is 326 g/mol. The molecular weight excluding hydrogens is 308 g/mol. The predicted molar refractivity (Wildman–Crippen MR) is 76.8 cm³/mol. The Bertz CT molecular complexity index is 791. The normalized spacial score (nSPS) is 17.0. The minimum atomic E-state index is -3.73. The van der Waals surface area contributed by atoms with Crippen LogP contribution in [0.3, 0.4) is 0 Å². The standard InChI is InChI=1S/C13H18N4O4S/c1-9-10(21-8-14-9)4-16-22(18,19)11-5-15-17-6-13(2,3)7-20-12(11)17/h5,8,16H,4,6-7H2,1-3H3. The van der Waals surface area contributed by atoms with Gasteiger partial charge in [-0.1, -0.05) is 13.8 Å². The van der Waals surface area contributed by atoms with Crippen LogP contribution in [0, 0.1) is 12.3 Å². The van der Waals surface area contributed by atoms with E-state index in [4.69, 9.17) is 9.15 Å². The third-order valence-electron chi connectivity index (χ3n) is 3.49. The average molecular weight is 326 g/mol. The van der Waals surface area contributed by atoms with Crippen molar-refractivity contribution in [2.24, 2.45) is 5.41 Å². The van der Waals surface area contributed by atoms with Gasteiger partial charge in [-0.3, -0.25) is 0 Å². The number of hydrogen-bond donors (Lipinski definition) is 1. The maximum atomic E-state index is 12.4. The molecule has 3 heterocycles. The molecule has 1 aliphatic heterocycles. The number of aromatic nitrogens is 3. The van der Waals surface area contributed by atoms with Crippen molar-refractivity contribution in [2.45, 2.75) is 38.8 Å². The second-order valence-corrected chi connectivity index (χ2v) is 7.85. The topological polar surface area (TPSA) is 99.3 Å². The minimum absolute atomic E-state index is 0.0320. The molecule has 0 bridgehead atoms. The number of nitrogens with zero attached hydrogens (tertiary/aromatic N) is 3. The summed E-state index contributed by atoms with van der Waals surface area (Å²) in [6.07, 6.45) is 2.60. The van der Waals surface area contributed by atoms with Gasteiger partial charge in [0.15, 0.2) is 11.3 Å². The van der Waals surface area contributed by atoms with Gasteiger partial charge in [0.2, 0.25) is 15.9 Å². The van der Waals surface area contributed by atoms with E-state index in [1.165, 1.54) is 12.6 Å². The van der Waals surface area contributed by atoms with E-state index in [1.54, 1.807) is 11.6 Å². The summed E-state index contributed by atoms with van der Waals surface area (Å²) in [4.78, 5) is 3.97. The zero-order valence-corrected chi connectivity index (χ0v) is 13.5. The third-order valence-corrected chi connectivity index (χ3v) is 4.88. The van der Waals surface area contributed by atoms with Crippen molar-refractivity contribution in [3.63, 3.8) is 0 Å². The summed E-state index contributed by atoms with van der Waals surface area (Å²) in [6.45, 7) is 6.92. The van der Waals surface area contributed by atoms with Gasteiger partial charge in [0.05, 0.1) is 31.6 Å². The summed E-state index contributed by atoms with van der Waals surface area (Å²) in [5.74, 6) is 0.757. The first-order valence-corrected chi connectivity index (χ1v) is 8.34. The van der Waals surface area contributed by atoms with Crippen molar-refractivity contribution in [1.29, 1.82) is 0 Å². The second-order valence-electron chi connectivity index (χ2n) is 6.11. The zero-order chi connectivity index (χ0) is 16.0. The average Bonchev–Trinajstić information content (AvgIpc) is 3.01. The van der Waals surface area contributed by atoms with E-state index in [-0.39, 0.29) is 22.7 Å². The SMILES string of the molecule is Cc1ncoc1CNS(=O)(=O)c1cnn2c1OCC(C)(C)C2. The molecule has 0 spiro atoms. The van der Waals surface area contributed by atoms with E-state index in [2.05, 4.69) is 14.8 Å². The smallest absolute Gasteiger partial charge is 0.247 e. The Kier molecular flexibility index (Phi) is 3.48. The largest absolute Gasteiger partial charge is 0.476 e. The summed E-state index contributed by atoms with van der Waals surface area (Å²) in [5.41, 5.74) is 0.572. The highest BCUT2D eigenvalue weighted by Gasteiger charge is 2.33. The van der Waals surface area contributed by atoms with E-state index in [0.29, 0.717) is 24.6 Å². The van der Waals surface area contributed by atoms with E-state index in [0.717, 1.165) is 0 Å². The lowest BCUT2D eigenvalue weighted by Gasteiger charge is -2.30. The Labute approximate surface area is 128 Å². The van der Waals surface area contributed by atoms with Crippen molar-refractivity contribution in [3.8, 4) is 5.88 Å². The van der Waals surface area contributed by atoms with Crippen molar-refractivity contribution in [2.75, 3.05) is 6.61 Å². The molecule has 0 saturated heterocycles. The molecule has 1 N–H and O–H groups in total. The molecule has 22 heavy (non-hydrogen) atoms. The predicted octanol–water partition coefficient (Wildman–Crippen LogP) is 1.08. The van der Waals surface area contributed by atoms with Gasteiger partial charge in [0.1, 0.15) is 5.76 Å². The molecule has 2 aromatic heterocycles. The summed E-state index contributed by atoms with van der Waals surface area (Å²) in [7, 11) is -3.73. The van der Waals surface area contributed by atoms with E-state index < -0.39 is 10.0 Å². The van der Waals surface area contributed by atoms with Crippen molar-refractivity contribution >= 4 is 10.0 Å². The quantitative estimate of drug-likeness (QED) is 0.902. The number of ether oxygens (including phenoxy) is 1. The van der Waals surface area contributed by atoms with Crippen LogP contribution in [0.5, 0.6) is 5.88 Å². The first-order chi connectivity index (χ1) is 10.3. The fourth-order valence-corrected chi connectivity index (χ4v) is 3.31. The molecule has 9 heteroatoms. The second kappa shape index (κ2) is 5.10. The minimum Gasteiger partial charge on any atom is -0.476 e. The highest BCUT2D eigenvalue weighted by atomic mass is 32.2. The van der Waals surface area contributed by atoms with Crippen LogP contribution in [0.2, 0.25) is 0 Å². The van der Waals surface area contributed by atoms with E-state index >= 15 is 0 Å². The Balaban J connectivity index is 1.82. The lowest BCUT2D eigenvalue weighted by atomic mass is 9.94. The summed E-state index contributed by atoms with van der Waals surface area (Å²) < 4.78 is 39.6. The molecule has 0 aliphatic carbocycles. The van der Waals surface area contributed by atoms with Gasteiger partial charge in [0, 0.05) is 5.41 Å². The molecule has 0 saturated carbocycles. The highest BCUT2D eigenvalue weighted by Crippen LogP contribution is 2.32. The Morgan fingerprint density at radius 2 is 2.23 bits per heavy atom. The van der Waals surface area contributed by atoms with Crippen LogP contribution in [0.1, 0.15) is 25.3 Å². The van der Waals surface area contributed by atoms with Crippen molar-refractivity contribution in [1.82, 2.24) is 19.5 Å². The van der Waals surface area contributed by atoms with Crippen LogP contribution in [0.15, 0.2) is 21.9 Å². The van der Waals surface area contributed by atoms with Crippen LogP contribution in [0.25, 0.3) is 0 Å². The number of sulfonamides is 1. The fraction of sp³-hybridized carbons (Fsp3) is 0.538. The molecule has 0 atom stereocenters. The van der Waals surface area contributed by atoms with Crippen molar-refractivity contribution in [3.05, 3.63) is 24.0 Å². The number of hydrogen-bond acceptors (Lipinski definition) is 6. The number of nitrogens with one attached hydrogen (secondary N) is 1. The molecule has 8 nitrogen and oxygen atoms in total. The summed E-state index contributed by atoms with van der Waals surface area (Å²) in [5, 5.41) is 4.12. The van der Waals surface area contributed by atoms with Crippen LogP contribution in [0.4, 0.5) is 0 Å². The molecule has 0 amide bonds. The maximum absolute atomic E-state index is 12.4. The molecule has 3 rings (SSSR count). The van der Waals surface area contributed by atoms with Gasteiger partial charge < -0.3 is 9.15 Å². The molecular formula is C13H18N4O4S. The van der Waals surface area contributed by atoms with E-state index in [1.807, 2.05) is 13.8 Å². The van der Waals surface area contributed by atoms with Crippen LogP contribution in [-0.2, 0) is 23.1 Å². The number of oxazole rings is 1. The Morgan fingerprint density at radius 3 is 2.91 bits per heavy atom. The van der Waals surface area contributed by atoms with Gasteiger partial charge in [-0.25, -0.2) is 22.8 Å². The van der Waals surface area contributed by atoms with Crippen LogP contribution >= 0.6 is 0 Å². The maximum Gasteiger partial charge on any atom is 0.247 e. The lowest BCUT2D eigenvalue weighted by Crippen LogP contribution is -2.34. The highest BCUT2D eigenvalue weighted by molar-refractivity contribution is 7.89. The Morgan fingerprint density at radius 1 is 1.45 bits per heavy atom. The number of rotatable bonds is 4. The Hall–Kier alpha value is -1.87. The fourth-order valence-electron chi connectivity index (χ4n) is 2.25. The number of fused-ring (bicyclic) bond motifs is 1. The molecule has 120 valence electrons. The zero-order valence-electron chi connectivity index (χ0n) is 12.7. The molecule has 0 radical (unpaired) electrons. The van der Waals surface area contributed by atoms with E-state index in [9.17, 15) is 8.42 Å².